The van der Waals surface area contributed by atoms with Crippen molar-refractivity contribution in [2.45, 2.75) is 10.1 Å². The summed E-state index contributed by atoms with van der Waals surface area (Å²) in [5, 5.41) is 18.2. The lowest BCUT2D eigenvalue weighted by atomic mass is 10.2. The fraction of sp³-hybridized carbons (Fsp3) is 0. The van der Waals surface area contributed by atoms with Crippen LogP contribution in [-0.4, -0.2) is 21.0 Å². The van der Waals surface area contributed by atoms with Crippen LogP contribution in [0, 0.1) is 11.3 Å². The van der Waals surface area contributed by atoms with Gasteiger partial charge in [0.05, 0.1) is 10.6 Å². The molecule has 5 nitrogen and oxygen atoms in total. The number of rotatable bonds is 3. The summed E-state index contributed by atoms with van der Waals surface area (Å²) in [6, 6.07) is 8.02. The summed E-state index contributed by atoms with van der Waals surface area (Å²) in [6.45, 7) is 0. The largest absolute Gasteiger partial charge is 0.478 e. The van der Waals surface area contributed by atoms with E-state index in [0.29, 0.717) is 10.1 Å². The maximum Gasteiger partial charge on any atom is 0.337 e. The van der Waals surface area contributed by atoms with Crippen LogP contribution in [-0.2, 0) is 0 Å². The van der Waals surface area contributed by atoms with Crippen LogP contribution in [0.1, 0.15) is 16.1 Å². The van der Waals surface area contributed by atoms with Crippen molar-refractivity contribution >= 4 is 29.3 Å². The molecule has 0 amide bonds. The Balaban J connectivity index is 2.31. The van der Waals surface area contributed by atoms with E-state index in [1.807, 2.05) is 6.07 Å². The molecule has 19 heavy (non-hydrogen) atoms. The third-order valence-electron chi connectivity index (χ3n) is 2.13. The molecule has 1 N–H and O–H groups in total. The number of carboxylic acids is 1. The molecule has 0 aliphatic heterocycles. The molecule has 0 spiro atoms. The lowest BCUT2D eigenvalue weighted by Crippen LogP contribution is -1.97. The van der Waals surface area contributed by atoms with Gasteiger partial charge < -0.3 is 5.11 Å². The Morgan fingerprint density at radius 1 is 1.42 bits per heavy atom. The molecule has 0 bridgehead atoms. The monoisotopic (exact) mass is 291 g/mol. The normalized spacial score (nSPS) is 9.89. The van der Waals surface area contributed by atoms with E-state index in [0.717, 1.165) is 11.8 Å². The standard InChI is InChI=1S/C12H6ClN3O2S/c13-10-2-1-8(5-9(10)11(17)18)19-12-15-4-3-7(6-14)16-12/h1-5H,(H,17,18). The van der Waals surface area contributed by atoms with Crippen molar-refractivity contribution in [2.24, 2.45) is 0 Å². The van der Waals surface area contributed by atoms with Crippen LogP contribution < -0.4 is 0 Å². The number of nitriles is 1. The van der Waals surface area contributed by atoms with Crippen molar-refractivity contribution in [1.82, 2.24) is 9.97 Å². The van der Waals surface area contributed by atoms with Crippen molar-refractivity contribution in [2.75, 3.05) is 0 Å². The fourth-order valence-electron chi connectivity index (χ4n) is 1.29. The summed E-state index contributed by atoms with van der Waals surface area (Å²) in [7, 11) is 0. The van der Waals surface area contributed by atoms with Crippen LogP contribution in [0.15, 0.2) is 40.5 Å². The lowest BCUT2D eigenvalue weighted by molar-refractivity contribution is 0.0697. The van der Waals surface area contributed by atoms with Gasteiger partial charge in [0.25, 0.3) is 0 Å². The number of halogens is 1. The highest BCUT2D eigenvalue weighted by atomic mass is 35.5. The number of nitrogens with zero attached hydrogens (tertiary/aromatic N) is 3. The molecule has 0 saturated carbocycles. The topological polar surface area (TPSA) is 86.9 Å². The second-order valence-electron chi connectivity index (χ2n) is 3.39. The van der Waals surface area contributed by atoms with Crippen molar-refractivity contribution in [3.63, 3.8) is 0 Å². The van der Waals surface area contributed by atoms with E-state index >= 15 is 0 Å². The highest BCUT2D eigenvalue weighted by Gasteiger charge is 2.11. The zero-order chi connectivity index (χ0) is 13.8. The van der Waals surface area contributed by atoms with Crippen LogP contribution in [0.4, 0.5) is 0 Å². The number of benzene rings is 1. The van der Waals surface area contributed by atoms with Crippen LogP contribution in [0.3, 0.4) is 0 Å². The van der Waals surface area contributed by atoms with Gasteiger partial charge in [0, 0.05) is 11.1 Å². The van der Waals surface area contributed by atoms with Crippen molar-refractivity contribution in [3.8, 4) is 6.07 Å². The highest BCUT2D eigenvalue weighted by Crippen LogP contribution is 2.28. The van der Waals surface area contributed by atoms with E-state index in [-0.39, 0.29) is 16.3 Å². The molecule has 7 heteroatoms. The number of carbonyl (C=O) groups is 1. The smallest absolute Gasteiger partial charge is 0.337 e. The Labute approximate surface area is 117 Å². The van der Waals surface area contributed by atoms with E-state index in [9.17, 15) is 4.79 Å². The molecular formula is C12H6ClN3O2S. The third kappa shape index (κ3) is 3.22. The van der Waals surface area contributed by atoms with Gasteiger partial charge in [0.2, 0.25) is 0 Å². The average Bonchev–Trinajstić information content (AvgIpc) is 2.41. The summed E-state index contributed by atoms with van der Waals surface area (Å²) in [4.78, 5) is 19.6. The minimum atomic E-state index is -1.10. The summed E-state index contributed by atoms with van der Waals surface area (Å²) < 4.78 is 0. The Morgan fingerprint density at radius 2 is 2.21 bits per heavy atom. The van der Waals surface area contributed by atoms with Crippen molar-refractivity contribution in [3.05, 3.63) is 46.7 Å². The average molecular weight is 292 g/mol. The van der Waals surface area contributed by atoms with Gasteiger partial charge >= 0.3 is 5.97 Å². The van der Waals surface area contributed by atoms with Gasteiger partial charge in [0.15, 0.2) is 5.16 Å². The van der Waals surface area contributed by atoms with E-state index in [1.165, 1.54) is 24.4 Å². The predicted molar refractivity (Wildman–Crippen MR) is 69.3 cm³/mol. The van der Waals surface area contributed by atoms with Crippen molar-refractivity contribution in [1.29, 1.82) is 5.26 Å². The van der Waals surface area contributed by atoms with Crippen LogP contribution in [0.5, 0.6) is 0 Å². The van der Waals surface area contributed by atoms with Gasteiger partial charge in [0.1, 0.15) is 11.8 Å². The van der Waals surface area contributed by atoms with Crippen LogP contribution >= 0.6 is 23.4 Å². The number of hydrogen-bond donors (Lipinski definition) is 1. The van der Waals surface area contributed by atoms with Gasteiger partial charge in [-0.2, -0.15) is 5.26 Å². The minimum Gasteiger partial charge on any atom is -0.478 e. The number of aromatic nitrogens is 2. The molecule has 0 unspecified atom stereocenters. The molecule has 2 rings (SSSR count). The zero-order valence-electron chi connectivity index (χ0n) is 9.37. The second kappa shape index (κ2) is 5.69. The van der Waals surface area contributed by atoms with Crippen molar-refractivity contribution < 1.29 is 9.90 Å². The Hall–Kier alpha value is -2.10. The van der Waals surface area contributed by atoms with Crippen LogP contribution in [0.25, 0.3) is 0 Å². The summed E-state index contributed by atoms with van der Waals surface area (Å²) in [5.74, 6) is -1.10. The van der Waals surface area contributed by atoms with Gasteiger partial charge in [-0.3, -0.25) is 0 Å². The fourth-order valence-corrected chi connectivity index (χ4v) is 2.27. The first-order valence-corrected chi connectivity index (χ1v) is 6.23. The molecule has 94 valence electrons. The molecule has 1 aromatic heterocycles. The molecule has 1 aromatic carbocycles. The summed E-state index contributed by atoms with van der Waals surface area (Å²) in [5.41, 5.74) is 0.271. The highest BCUT2D eigenvalue weighted by molar-refractivity contribution is 7.99. The second-order valence-corrected chi connectivity index (χ2v) is 4.83. The minimum absolute atomic E-state index is 0.0168. The van der Waals surface area contributed by atoms with E-state index in [4.69, 9.17) is 22.0 Å². The number of aromatic carboxylic acids is 1. The zero-order valence-corrected chi connectivity index (χ0v) is 10.9. The molecule has 0 aliphatic carbocycles. The molecular weight excluding hydrogens is 286 g/mol. The first kappa shape index (κ1) is 13.3. The van der Waals surface area contributed by atoms with Gasteiger partial charge in [-0.05, 0) is 36.0 Å². The Bertz CT molecular complexity index is 685. The van der Waals surface area contributed by atoms with E-state index in [2.05, 4.69) is 9.97 Å². The number of hydrogen-bond acceptors (Lipinski definition) is 5. The molecule has 0 atom stereocenters. The molecule has 0 saturated heterocycles. The lowest BCUT2D eigenvalue weighted by Gasteiger charge is -2.03. The molecule has 0 aliphatic rings. The van der Waals surface area contributed by atoms with Gasteiger partial charge in [-0.1, -0.05) is 11.6 Å². The summed E-state index contributed by atoms with van der Waals surface area (Å²) in [6.07, 6.45) is 1.47. The van der Waals surface area contributed by atoms with Gasteiger partial charge in [-0.25, -0.2) is 14.8 Å². The third-order valence-corrected chi connectivity index (χ3v) is 3.32. The first-order valence-electron chi connectivity index (χ1n) is 5.04. The molecule has 0 fully saturated rings. The molecule has 2 aromatic rings. The quantitative estimate of drug-likeness (QED) is 0.875. The number of carboxylic acid groups (broad SMARTS) is 1. The molecule has 1 heterocycles. The molecule has 0 radical (unpaired) electrons. The first-order chi connectivity index (χ1) is 9.10. The van der Waals surface area contributed by atoms with Gasteiger partial charge in [-0.15, -0.1) is 0 Å². The maximum atomic E-state index is 11.0. The Morgan fingerprint density at radius 3 is 2.89 bits per heavy atom. The summed E-state index contributed by atoms with van der Waals surface area (Å²) >= 11 is 6.94. The van der Waals surface area contributed by atoms with E-state index in [1.54, 1.807) is 6.07 Å². The Kier molecular flexibility index (Phi) is 4.00. The van der Waals surface area contributed by atoms with E-state index < -0.39 is 5.97 Å². The maximum absolute atomic E-state index is 11.0. The van der Waals surface area contributed by atoms with Crippen LogP contribution in [0.2, 0.25) is 5.02 Å². The SMILES string of the molecule is N#Cc1ccnc(Sc2ccc(Cl)c(C(=O)O)c2)n1. The predicted octanol–water partition coefficient (Wildman–Crippen LogP) is 2.85.